The normalized spacial score (nSPS) is 13.5. The Morgan fingerprint density at radius 3 is 2.38 bits per heavy atom. The van der Waals surface area contributed by atoms with Gasteiger partial charge in [0.2, 0.25) is 0 Å². The summed E-state index contributed by atoms with van der Waals surface area (Å²) in [7, 11) is 0.480. The van der Waals surface area contributed by atoms with Gasteiger partial charge in [0.15, 0.2) is 0 Å². The molecule has 76 valence electrons. The summed E-state index contributed by atoms with van der Waals surface area (Å²) in [6, 6.07) is 0. The fourth-order valence-corrected chi connectivity index (χ4v) is 1.14. The molecule has 0 unspecified atom stereocenters. The molecule has 3 heteroatoms. The van der Waals surface area contributed by atoms with Crippen LogP contribution in [0, 0.1) is 0 Å². The highest BCUT2D eigenvalue weighted by Gasteiger charge is 2.08. The van der Waals surface area contributed by atoms with E-state index >= 15 is 0 Å². The van der Waals surface area contributed by atoms with Gasteiger partial charge in [-0.3, -0.25) is 0 Å². The Kier molecular flexibility index (Phi) is 6.29. The molecule has 0 aromatic heterocycles. The lowest BCUT2D eigenvalue weighted by atomic mass is 10.2. The standard InChI is InChI=1S/C10H20O2Si/c1-6-9(2)13-12-8-7-11-10(3,4)5/h6H,7-8H2,1-5H3/b9-6+. The monoisotopic (exact) mass is 200 g/mol. The Morgan fingerprint density at radius 2 is 1.92 bits per heavy atom. The van der Waals surface area contributed by atoms with E-state index in [1.54, 1.807) is 0 Å². The number of hydrogen-bond acceptors (Lipinski definition) is 2. The van der Waals surface area contributed by atoms with Gasteiger partial charge in [0.05, 0.1) is 18.8 Å². The molecular formula is C10H20O2Si. The van der Waals surface area contributed by atoms with Gasteiger partial charge in [-0.2, -0.15) is 0 Å². The highest BCUT2D eigenvalue weighted by molar-refractivity contribution is 6.37. The summed E-state index contributed by atoms with van der Waals surface area (Å²) in [4.78, 5) is 0. The number of rotatable bonds is 5. The van der Waals surface area contributed by atoms with Crippen molar-refractivity contribution in [2.75, 3.05) is 13.2 Å². The molecule has 0 aromatic rings. The van der Waals surface area contributed by atoms with E-state index < -0.39 is 0 Å². The lowest BCUT2D eigenvalue weighted by molar-refractivity contribution is -0.0158. The minimum absolute atomic E-state index is 0.0535. The zero-order valence-electron chi connectivity index (χ0n) is 9.31. The minimum atomic E-state index is -0.0535. The Balaban J connectivity index is 3.28. The first-order chi connectivity index (χ1) is 5.95. The molecule has 0 fully saturated rings. The third-order valence-corrected chi connectivity index (χ3v) is 2.35. The largest absolute Gasteiger partial charge is 0.409 e. The molecule has 0 saturated heterocycles. The van der Waals surface area contributed by atoms with Crippen molar-refractivity contribution in [1.29, 1.82) is 0 Å². The van der Waals surface area contributed by atoms with Crippen LogP contribution in [0.5, 0.6) is 0 Å². The van der Waals surface area contributed by atoms with Gasteiger partial charge in [0.1, 0.15) is 0 Å². The third-order valence-electron chi connectivity index (χ3n) is 1.39. The second-order valence-electron chi connectivity index (χ2n) is 3.88. The summed E-state index contributed by atoms with van der Waals surface area (Å²) in [5.41, 5.74) is -0.0535. The number of ether oxygens (including phenoxy) is 1. The summed E-state index contributed by atoms with van der Waals surface area (Å²) >= 11 is 0. The van der Waals surface area contributed by atoms with Crippen molar-refractivity contribution in [3.8, 4) is 0 Å². The number of hydrogen-bond donors (Lipinski definition) is 0. The predicted molar refractivity (Wildman–Crippen MR) is 56.8 cm³/mol. The summed E-state index contributed by atoms with van der Waals surface area (Å²) in [6.07, 6.45) is 2.07. The van der Waals surface area contributed by atoms with Gasteiger partial charge in [0.25, 0.3) is 9.76 Å². The maximum Gasteiger partial charge on any atom is 0.263 e. The second kappa shape index (κ2) is 6.35. The van der Waals surface area contributed by atoms with Crippen molar-refractivity contribution in [1.82, 2.24) is 0 Å². The van der Waals surface area contributed by atoms with Crippen molar-refractivity contribution in [2.24, 2.45) is 0 Å². The van der Waals surface area contributed by atoms with E-state index in [9.17, 15) is 0 Å². The topological polar surface area (TPSA) is 18.5 Å². The summed E-state index contributed by atoms with van der Waals surface area (Å²) in [6.45, 7) is 11.6. The lowest BCUT2D eigenvalue weighted by Crippen LogP contribution is -2.22. The van der Waals surface area contributed by atoms with E-state index in [0.29, 0.717) is 23.0 Å². The Labute approximate surface area is 84.3 Å². The van der Waals surface area contributed by atoms with Crippen molar-refractivity contribution in [2.45, 2.75) is 40.2 Å². The van der Waals surface area contributed by atoms with E-state index in [-0.39, 0.29) is 5.60 Å². The molecule has 13 heavy (non-hydrogen) atoms. The van der Waals surface area contributed by atoms with Crippen LogP contribution < -0.4 is 0 Å². The summed E-state index contributed by atoms with van der Waals surface area (Å²) in [5.74, 6) is 0. The van der Waals surface area contributed by atoms with Crippen LogP contribution in [0.3, 0.4) is 0 Å². The van der Waals surface area contributed by atoms with Crippen LogP contribution in [-0.4, -0.2) is 28.6 Å². The van der Waals surface area contributed by atoms with Gasteiger partial charge in [-0.05, 0) is 34.6 Å². The van der Waals surface area contributed by atoms with Crippen LogP contribution in [-0.2, 0) is 9.16 Å². The zero-order chi connectivity index (χ0) is 10.3. The van der Waals surface area contributed by atoms with Crippen LogP contribution in [0.1, 0.15) is 34.6 Å². The maximum absolute atomic E-state index is 5.50. The predicted octanol–water partition coefficient (Wildman–Crippen LogP) is 2.36. The summed E-state index contributed by atoms with van der Waals surface area (Å²) < 4.78 is 10.9. The second-order valence-corrected chi connectivity index (χ2v) is 5.16. The molecule has 0 aliphatic rings. The molecule has 0 bridgehead atoms. The molecule has 0 rings (SSSR count). The van der Waals surface area contributed by atoms with Crippen LogP contribution >= 0.6 is 0 Å². The number of allylic oxidation sites excluding steroid dienone is 2. The van der Waals surface area contributed by atoms with Crippen LogP contribution in [0.15, 0.2) is 11.3 Å². The molecule has 0 spiro atoms. The molecular weight excluding hydrogens is 180 g/mol. The highest BCUT2D eigenvalue weighted by Crippen LogP contribution is 2.05. The quantitative estimate of drug-likeness (QED) is 0.501. The van der Waals surface area contributed by atoms with E-state index in [0.717, 1.165) is 0 Å². The van der Waals surface area contributed by atoms with Gasteiger partial charge in [0, 0.05) is 0 Å². The van der Waals surface area contributed by atoms with Gasteiger partial charge in [-0.25, -0.2) is 0 Å². The highest BCUT2D eigenvalue weighted by atomic mass is 28.2. The maximum atomic E-state index is 5.50. The molecule has 2 radical (unpaired) electrons. The van der Waals surface area contributed by atoms with E-state index in [4.69, 9.17) is 9.16 Å². The minimum Gasteiger partial charge on any atom is -0.409 e. The van der Waals surface area contributed by atoms with Crippen molar-refractivity contribution < 1.29 is 9.16 Å². The molecule has 0 aromatic carbocycles. The average Bonchev–Trinajstić information content (AvgIpc) is 2.01. The molecule has 0 heterocycles. The lowest BCUT2D eigenvalue weighted by Gasteiger charge is -2.19. The van der Waals surface area contributed by atoms with Gasteiger partial charge in [-0.1, -0.05) is 11.3 Å². The summed E-state index contributed by atoms with van der Waals surface area (Å²) in [5, 5.41) is 1.29. The van der Waals surface area contributed by atoms with Crippen molar-refractivity contribution in [3.05, 3.63) is 11.3 Å². The van der Waals surface area contributed by atoms with Gasteiger partial charge in [-0.15, -0.1) is 0 Å². The van der Waals surface area contributed by atoms with Crippen molar-refractivity contribution in [3.63, 3.8) is 0 Å². The van der Waals surface area contributed by atoms with Gasteiger partial charge < -0.3 is 9.16 Å². The van der Waals surface area contributed by atoms with Crippen LogP contribution in [0.4, 0.5) is 0 Å². The third kappa shape index (κ3) is 9.79. The molecule has 0 amide bonds. The Hall–Kier alpha value is -0.123. The Morgan fingerprint density at radius 1 is 1.31 bits per heavy atom. The van der Waals surface area contributed by atoms with Gasteiger partial charge >= 0.3 is 0 Å². The molecule has 0 N–H and O–H groups in total. The fraction of sp³-hybridized carbons (Fsp3) is 0.800. The van der Waals surface area contributed by atoms with E-state index in [2.05, 4.69) is 13.0 Å². The molecule has 0 aliphatic carbocycles. The molecule has 0 atom stereocenters. The SMILES string of the molecule is C/C=C(\C)[Si]OCCOC(C)(C)C. The zero-order valence-corrected chi connectivity index (χ0v) is 10.3. The van der Waals surface area contributed by atoms with E-state index in [1.165, 1.54) is 5.20 Å². The van der Waals surface area contributed by atoms with Crippen LogP contribution in [0.25, 0.3) is 0 Å². The molecule has 2 nitrogen and oxygen atoms in total. The average molecular weight is 200 g/mol. The van der Waals surface area contributed by atoms with Crippen LogP contribution in [0.2, 0.25) is 0 Å². The first-order valence-electron chi connectivity index (χ1n) is 4.60. The first-order valence-corrected chi connectivity index (χ1v) is 5.51. The molecule has 0 saturated carbocycles. The van der Waals surface area contributed by atoms with E-state index in [1.807, 2.05) is 27.7 Å². The first kappa shape index (κ1) is 12.9. The van der Waals surface area contributed by atoms with Crippen molar-refractivity contribution >= 4 is 9.76 Å². The Bertz CT molecular complexity index is 159. The fourth-order valence-electron chi connectivity index (χ4n) is 0.613. The smallest absolute Gasteiger partial charge is 0.263 e. The molecule has 0 aliphatic heterocycles.